The van der Waals surface area contributed by atoms with Crippen molar-refractivity contribution < 1.29 is 40.0 Å². The standard InChI is InChI=1S/C28H26F5N5O4S/c1-27(2)25(39)38(20-9-12-23(30)22(14-20)28(31,32)33)26(40)37(27)15-17-5-6-18(29)13-24(17)35-19-7-10-21(11-8-19)43(41,42)34-16-36(3)4/h5-14,16,35H,15H2,1-4H3/b34-16+. The summed E-state index contributed by atoms with van der Waals surface area (Å²) in [7, 11) is -0.744. The number of alkyl halides is 3. The van der Waals surface area contributed by atoms with Crippen molar-refractivity contribution in [3.8, 4) is 0 Å². The van der Waals surface area contributed by atoms with Gasteiger partial charge in [-0.15, -0.1) is 4.40 Å². The van der Waals surface area contributed by atoms with Crippen LogP contribution >= 0.6 is 0 Å². The molecule has 15 heteroatoms. The average molecular weight is 624 g/mol. The van der Waals surface area contributed by atoms with Crippen molar-refractivity contribution in [2.75, 3.05) is 24.3 Å². The Morgan fingerprint density at radius 1 is 0.977 bits per heavy atom. The smallest absolute Gasteiger partial charge is 0.368 e. The summed E-state index contributed by atoms with van der Waals surface area (Å²) < 4.78 is 96.4. The van der Waals surface area contributed by atoms with Gasteiger partial charge in [0.1, 0.15) is 23.5 Å². The molecule has 1 fully saturated rings. The summed E-state index contributed by atoms with van der Waals surface area (Å²) in [6.07, 6.45) is -3.92. The second-order valence-corrected chi connectivity index (χ2v) is 12.0. The number of nitrogens with zero attached hydrogens (tertiary/aromatic N) is 4. The van der Waals surface area contributed by atoms with E-state index in [-0.39, 0.29) is 17.1 Å². The van der Waals surface area contributed by atoms with Crippen molar-refractivity contribution in [1.82, 2.24) is 9.80 Å². The molecule has 0 aliphatic carbocycles. The summed E-state index contributed by atoms with van der Waals surface area (Å²) >= 11 is 0. The molecule has 0 unspecified atom stereocenters. The predicted molar refractivity (Wildman–Crippen MR) is 149 cm³/mol. The molecule has 0 bridgehead atoms. The van der Waals surface area contributed by atoms with E-state index < -0.39 is 56.6 Å². The molecule has 4 rings (SSSR count). The highest BCUT2D eigenvalue weighted by atomic mass is 32.2. The number of hydrogen-bond donors (Lipinski definition) is 1. The molecule has 0 aromatic heterocycles. The van der Waals surface area contributed by atoms with Gasteiger partial charge in [-0.05, 0) is 74.0 Å². The summed E-state index contributed by atoms with van der Waals surface area (Å²) in [5.74, 6) is -3.04. The molecular weight excluding hydrogens is 597 g/mol. The van der Waals surface area contributed by atoms with Crippen molar-refractivity contribution in [1.29, 1.82) is 0 Å². The molecule has 0 atom stereocenters. The number of anilines is 3. The van der Waals surface area contributed by atoms with Crippen LogP contribution in [0.2, 0.25) is 0 Å². The Hall–Kier alpha value is -4.53. The first-order valence-electron chi connectivity index (χ1n) is 12.6. The number of halogens is 5. The van der Waals surface area contributed by atoms with Crippen LogP contribution in [0.3, 0.4) is 0 Å². The van der Waals surface area contributed by atoms with E-state index in [4.69, 9.17) is 0 Å². The Labute approximate surface area is 244 Å². The van der Waals surface area contributed by atoms with Crippen LogP contribution in [0.4, 0.5) is 43.8 Å². The molecule has 1 saturated heterocycles. The van der Waals surface area contributed by atoms with Gasteiger partial charge in [0.25, 0.3) is 15.9 Å². The second-order valence-electron chi connectivity index (χ2n) is 10.3. The van der Waals surface area contributed by atoms with Gasteiger partial charge in [0.15, 0.2) is 0 Å². The molecule has 1 N–H and O–H groups in total. The Kier molecular flexibility index (Phi) is 8.24. The normalized spacial score (nSPS) is 15.5. The molecule has 3 amide bonds. The zero-order chi connectivity index (χ0) is 31.9. The van der Waals surface area contributed by atoms with Crippen molar-refractivity contribution in [2.45, 2.75) is 37.0 Å². The topological polar surface area (TPSA) is 102 Å². The molecule has 1 aliphatic rings. The van der Waals surface area contributed by atoms with Gasteiger partial charge in [0.05, 0.1) is 22.7 Å². The largest absolute Gasteiger partial charge is 0.419 e. The molecular formula is C28H26F5N5O4S. The number of nitrogens with one attached hydrogen (secondary N) is 1. The van der Waals surface area contributed by atoms with E-state index >= 15 is 0 Å². The minimum atomic E-state index is -5.06. The molecule has 228 valence electrons. The first kappa shape index (κ1) is 31.4. The zero-order valence-corrected chi connectivity index (χ0v) is 24.1. The summed E-state index contributed by atoms with van der Waals surface area (Å²) in [4.78, 5) is 29.7. The van der Waals surface area contributed by atoms with Gasteiger partial charge >= 0.3 is 12.2 Å². The third kappa shape index (κ3) is 6.45. The van der Waals surface area contributed by atoms with Crippen molar-refractivity contribution in [2.24, 2.45) is 4.40 Å². The summed E-state index contributed by atoms with van der Waals surface area (Å²) in [5, 5.41) is 2.96. The number of hydrogen-bond acceptors (Lipinski definition) is 5. The van der Waals surface area contributed by atoms with Gasteiger partial charge < -0.3 is 15.1 Å². The predicted octanol–water partition coefficient (Wildman–Crippen LogP) is 5.75. The molecule has 0 spiro atoms. The number of carbonyl (C=O) groups excluding carboxylic acids is 2. The van der Waals surface area contributed by atoms with Crippen molar-refractivity contribution >= 4 is 45.4 Å². The lowest BCUT2D eigenvalue weighted by Crippen LogP contribution is -2.43. The van der Waals surface area contributed by atoms with Crippen LogP contribution in [0.1, 0.15) is 25.0 Å². The SMILES string of the molecule is CN(C)/C=N/S(=O)(=O)c1ccc(Nc2cc(F)ccc2CN2C(=O)N(c3ccc(F)c(C(F)(F)F)c3)C(=O)C2(C)C)cc1. The highest BCUT2D eigenvalue weighted by Crippen LogP contribution is 2.38. The van der Waals surface area contributed by atoms with Crippen LogP contribution in [0.15, 0.2) is 70.0 Å². The fraction of sp³-hybridized carbons (Fsp3) is 0.250. The number of amides is 3. The molecule has 43 heavy (non-hydrogen) atoms. The maximum absolute atomic E-state index is 14.3. The monoisotopic (exact) mass is 623 g/mol. The Morgan fingerprint density at radius 2 is 1.63 bits per heavy atom. The zero-order valence-electron chi connectivity index (χ0n) is 23.3. The van der Waals surface area contributed by atoms with Gasteiger partial charge in [-0.2, -0.15) is 21.6 Å². The lowest BCUT2D eigenvalue weighted by molar-refractivity contribution is -0.140. The van der Waals surface area contributed by atoms with Gasteiger partial charge in [0.2, 0.25) is 0 Å². The van der Waals surface area contributed by atoms with Gasteiger partial charge in [-0.25, -0.2) is 18.5 Å². The van der Waals surface area contributed by atoms with Gasteiger partial charge in [0, 0.05) is 25.5 Å². The van der Waals surface area contributed by atoms with Gasteiger partial charge in [-0.3, -0.25) is 4.79 Å². The minimum Gasteiger partial charge on any atom is -0.368 e. The van der Waals surface area contributed by atoms with Crippen LogP contribution in [0.25, 0.3) is 0 Å². The summed E-state index contributed by atoms with van der Waals surface area (Å²) in [6, 6.07) is 9.93. The molecule has 9 nitrogen and oxygen atoms in total. The third-order valence-corrected chi connectivity index (χ3v) is 7.83. The van der Waals surface area contributed by atoms with E-state index in [1.54, 1.807) is 14.1 Å². The molecule has 0 saturated carbocycles. The van der Waals surface area contributed by atoms with E-state index in [1.165, 1.54) is 49.1 Å². The highest BCUT2D eigenvalue weighted by molar-refractivity contribution is 7.90. The first-order valence-corrected chi connectivity index (χ1v) is 14.0. The van der Waals surface area contributed by atoms with Crippen LogP contribution in [0, 0.1) is 11.6 Å². The van der Waals surface area contributed by atoms with E-state index in [0.717, 1.165) is 29.4 Å². The van der Waals surface area contributed by atoms with Crippen LogP contribution in [-0.2, 0) is 27.5 Å². The van der Waals surface area contributed by atoms with Gasteiger partial charge in [-0.1, -0.05) is 6.07 Å². The fourth-order valence-electron chi connectivity index (χ4n) is 4.25. The molecule has 0 radical (unpaired) electrons. The van der Waals surface area contributed by atoms with E-state index in [1.807, 2.05) is 0 Å². The summed E-state index contributed by atoms with van der Waals surface area (Å²) in [5.41, 5.74) is -2.76. The van der Waals surface area contributed by atoms with E-state index in [2.05, 4.69) is 9.71 Å². The quantitative estimate of drug-likeness (QED) is 0.148. The highest BCUT2D eigenvalue weighted by Gasteiger charge is 2.52. The lowest BCUT2D eigenvalue weighted by Gasteiger charge is -2.28. The Bertz CT molecular complexity index is 1710. The molecule has 3 aromatic rings. The number of urea groups is 1. The van der Waals surface area contributed by atoms with E-state index in [9.17, 15) is 40.0 Å². The summed E-state index contributed by atoms with van der Waals surface area (Å²) in [6.45, 7) is 2.53. The maximum atomic E-state index is 14.3. The van der Waals surface area contributed by atoms with Crippen molar-refractivity contribution in [3.05, 3.63) is 83.4 Å². The number of sulfonamides is 1. The Morgan fingerprint density at radius 3 is 2.23 bits per heavy atom. The van der Waals surface area contributed by atoms with Crippen LogP contribution < -0.4 is 10.2 Å². The number of benzene rings is 3. The van der Waals surface area contributed by atoms with Crippen LogP contribution in [0.5, 0.6) is 0 Å². The number of carbonyl (C=O) groups is 2. The van der Waals surface area contributed by atoms with Crippen molar-refractivity contribution in [3.63, 3.8) is 0 Å². The lowest BCUT2D eigenvalue weighted by atomic mass is 10.0. The van der Waals surface area contributed by atoms with E-state index in [0.29, 0.717) is 28.3 Å². The second kappa shape index (κ2) is 11.3. The Balaban J connectivity index is 1.63. The minimum absolute atomic E-state index is 0.0897. The van der Waals surface area contributed by atoms with Crippen LogP contribution in [-0.4, -0.2) is 56.1 Å². The fourth-order valence-corrected chi connectivity index (χ4v) is 5.17. The number of rotatable bonds is 8. The molecule has 1 aliphatic heterocycles. The maximum Gasteiger partial charge on any atom is 0.419 e. The molecule has 1 heterocycles. The average Bonchev–Trinajstić information content (AvgIpc) is 3.08. The number of imide groups is 1. The third-order valence-electron chi connectivity index (χ3n) is 6.59. The molecule has 3 aromatic carbocycles. The first-order chi connectivity index (χ1) is 19.9.